The van der Waals surface area contributed by atoms with E-state index in [1.165, 1.54) is 0 Å². The van der Waals surface area contributed by atoms with Crippen LogP contribution in [0.3, 0.4) is 0 Å². The highest BCUT2D eigenvalue weighted by Crippen LogP contribution is 2.10. The van der Waals surface area contributed by atoms with Crippen LogP contribution in [0.1, 0.15) is 24.1 Å². The lowest BCUT2D eigenvalue weighted by Crippen LogP contribution is -2.46. The Balaban J connectivity index is 1.93. The smallest absolute Gasteiger partial charge is 0.222 e. The minimum Gasteiger partial charge on any atom is -0.409 e. The first kappa shape index (κ1) is 14.3. The number of carbonyl (C=O) groups is 1. The molecule has 2 heterocycles. The molecule has 1 amide bonds. The lowest BCUT2D eigenvalue weighted by molar-refractivity contribution is -0.132. The quantitative estimate of drug-likeness (QED) is 0.308. The standard InChI is InChI=1S/C13H19N5O2/c1-18-8-10(2-3-12(18)19)16-7-9-4-5-15-11(6-9)13(14)17-20/h4-6,10,16,20H,2-3,7-8H2,1H3,(H2,14,17). The van der Waals surface area contributed by atoms with E-state index in [1.807, 2.05) is 13.1 Å². The fourth-order valence-corrected chi connectivity index (χ4v) is 2.22. The van der Waals surface area contributed by atoms with Gasteiger partial charge in [0.1, 0.15) is 5.69 Å². The Labute approximate surface area is 117 Å². The molecular weight excluding hydrogens is 258 g/mol. The second-order valence-corrected chi connectivity index (χ2v) is 4.93. The normalized spacial score (nSPS) is 20.2. The van der Waals surface area contributed by atoms with Crippen molar-refractivity contribution in [1.82, 2.24) is 15.2 Å². The number of nitrogens with one attached hydrogen (secondary N) is 1. The molecule has 0 aliphatic carbocycles. The van der Waals surface area contributed by atoms with Crippen LogP contribution in [0.25, 0.3) is 0 Å². The van der Waals surface area contributed by atoms with Crippen molar-refractivity contribution in [3.05, 3.63) is 29.6 Å². The summed E-state index contributed by atoms with van der Waals surface area (Å²) in [6.07, 6.45) is 3.06. The van der Waals surface area contributed by atoms with Gasteiger partial charge in [0.25, 0.3) is 0 Å². The number of amidine groups is 1. The van der Waals surface area contributed by atoms with Crippen molar-refractivity contribution in [2.75, 3.05) is 13.6 Å². The molecule has 4 N–H and O–H groups in total. The van der Waals surface area contributed by atoms with E-state index in [0.29, 0.717) is 18.7 Å². The average molecular weight is 277 g/mol. The Hall–Kier alpha value is -2.15. The second-order valence-electron chi connectivity index (χ2n) is 4.93. The third-order valence-corrected chi connectivity index (χ3v) is 3.42. The third-order valence-electron chi connectivity index (χ3n) is 3.42. The molecule has 0 bridgehead atoms. The van der Waals surface area contributed by atoms with Gasteiger partial charge in [0, 0.05) is 38.8 Å². The van der Waals surface area contributed by atoms with E-state index in [9.17, 15) is 4.79 Å². The molecule has 1 unspecified atom stereocenters. The van der Waals surface area contributed by atoms with Gasteiger partial charge in [-0.25, -0.2) is 0 Å². The first-order chi connectivity index (χ1) is 9.60. The van der Waals surface area contributed by atoms with E-state index in [1.54, 1.807) is 17.2 Å². The van der Waals surface area contributed by atoms with Crippen molar-refractivity contribution in [1.29, 1.82) is 0 Å². The molecule has 0 radical (unpaired) electrons. The Bertz CT molecular complexity index is 517. The molecule has 20 heavy (non-hydrogen) atoms. The molecule has 2 rings (SSSR count). The molecule has 0 saturated carbocycles. The summed E-state index contributed by atoms with van der Waals surface area (Å²) in [7, 11) is 1.82. The summed E-state index contributed by atoms with van der Waals surface area (Å²) in [4.78, 5) is 17.2. The van der Waals surface area contributed by atoms with E-state index in [-0.39, 0.29) is 17.8 Å². The number of nitrogens with zero attached hydrogens (tertiary/aromatic N) is 3. The Kier molecular flexibility index (Phi) is 4.52. The van der Waals surface area contributed by atoms with E-state index in [4.69, 9.17) is 10.9 Å². The molecule has 1 atom stereocenters. The number of aromatic nitrogens is 1. The number of nitrogens with two attached hydrogens (primary N) is 1. The van der Waals surface area contributed by atoms with E-state index in [0.717, 1.165) is 18.5 Å². The van der Waals surface area contributed by atoms with Crippen LogP contribution in [0, 0.1) is 0 Å². The summed E-state index contributed by atoms with van der Waals surface area (Å²) in [5, 5.41) is 15.0. The lowest BCUT2D eigenvalue weighted by atomic mass is 10.1. The number of amides is 1. The number of rotatable bonds is 4. The number of carbonyl (C=O) groups excluding carboxylic acids is 1. The minimum absolute atomic E-state index is 0.00477. The average Bonchev–Trinajstić information content (AvgIpc) is 2.48. The van der Waals surface area contributed by atoms with Crippen molar-refractivity contribution < 1.29 is 10.0 Å². The maximum absolute atomic E-state index is 11.4. The van der Waals surface area contributed by atoms with Crippen molar-refractivity contribution in [3.63, 3.8) is 0 Å². The SMILES string of the molecule is CN1CC(NCc2ccnc(C(N)=NO)c2)CCC1=O. The van der Waals surface area contributed by atoms with Gasteiger partial charge >= 0.3 is 0 Å². The number of pyridine rings is 1. The number of likely N-dealkylation sites (tertiary alicyclic amines) is 1. The van der Waals surface area contributed by atoms with Gasteiger partial charge in [0.05, 0.1) is 0 Å². The Morgan fingerprint density at radius 3 is 3.20 bits per heavy atom. The second kappa shape index (κ2) is 6.33. The lowest BCUT2D eigenvalue weighted by Gasteiger charge is -2.30. The van der Waals surface area contributed by atoms with Gasteiger partial charge in [-0.3, -0.25) is 9.78 Å². The van der Waals surface area contributed by atoms with Gasteiger partial charge in [0.15, 0.2) is 5.84 Å². The monoisotopic (exact) mass is 277 g/mol. The molecule has 1 fully saturated rings. The molecule has 0 aromatic carbocycles. The molecule has 1 aromatic heterocycles. The predicted molar refractivity (Wildman–Crippen MR) is 74.2 cm³/mol. The summed E-state index contributed by atoms with van der Waals surface area (Å²) in [5.74, 6) is 0.191. The summed E-state index contributed by atoms with van der Waals surface area (Å²) < 4.78 is 0. The number of hydrogen-bond acceptors (Lipinski definition) is 5. The molecule has 7 heteroatoms. The minimum atomic E-state index is -0.00477. The highest BCUT2D eigenvalue weighted by Gasteiger charge is 2.22. The van der Waals surface area contributed by atoms with Crippen LogP contribution in [0.5, 0.6) is 0 Å². The highest BCUT2D eigenvalue weighted by molar-refractivity contribution is 5.95. The van der Waals surface area contributed by atoms with Crippen molar-refractivity contribution in [2.45, 2.75) is 25.4 Å². The fraction of sp³-hybridized carbons (Fsp3) is 0.462. The molecule has 7 nitrogen and oxygen atoms in total. The number of piperidine rings is 1. The van der Waals surface area contributed by atoms with Crippen LogP contribution in [0.2, 0.25) is 0 Å². The molecule has 1 saturated heterocycles. The van der Waals surface area contributed by atoms with E-state index >= 15 is 0 Å². The van der Waals surface area contributed by atoms with Gasteiger partial charge < -0.3 is 21.2 Å². The number of likely N-dealkylation sites (N-methyl/N-ethyl adjacent to an activating group) is 1. The summed E-state index contributed by atoms with van der Waals surface area (Å²) >= 11 is 0. The zero-order valence-corrected chi connectivity index (χ0v) is 11.4. The van der Waals surface area contributed by atoms with Crippen LogP contribution < -0.4 is 11.1 Å². The summed E-state index contributed by atoms with van der Waals surface area (Å²) in [5.41, 5.74) is 6.96. The van der Waals surface area contributed by atoms with Crippen LogP contribution in [-0.4, -0.2) is 46.5 Å². The molecule has 1 aliphatic heterocycles. The van der Waals surface area contributed by atoms with Gasteiger partial charge in [-0.15, -0.1) is 0 Å². The van der Waals surface area contributed by atoms with Crippen molar-refractivity contribution in [2.24, 2.45) is 10.9 Å². The van der Waals surface area contributed by atoms with Gasteiger partial charge in [-0.2, -0.15) is 0 Å². The molecule has 1 aromatic rings. The Morgan fingerprint density at radius 1 is 1.70 bits per heavy atom. The van der Waals surface area contributed by atoms with Gasteiger partial charge in [0.2, 0.25) is 5.91 Å². The highest BCUT2D eigenvalue weighted by atomic mass is 16.4. The summed E-state index contributed by atoms with van der Waals surface area (Å²) in [6, 6.07) is 3.94. The van der Waals surface area contributed by atoms with Crippen molar-refractivity contribution in [3.8, 4) is 0 Å². The Morgan fingerprint density at radius 2 is 2.50 bits per heavy atom. The predicted octanol–water partition coefficient (Wildman–Crippen LogP) is -0.113. The number of oxime groups is 1. The molecule has 0 spiro atoms. The van der Waals surface area contributed by atoms with E-state index < -0.39 is 0 Å². The van der Waals surface area contributed by atoms with Crippen LogP contribution in [0.4, 0.5) is 0 Å². The van der Waals surface area contributed by atoms with Crippen LogP contribution in [-0.2, 0) is 11.3 Å². The largest absolute Gasteiger partial charge is 0.409 e. The van der Waals surface area contributed by atoms with Gasteiger partial charge in [-0.1, -0.05) is 5.16 Å². The topological polar surface area (TPSA) is 104 Å². The molecular formula is C13H19N5O2. The maximum Gasteiger partial charge on any atom is 0.222 e. The van der Waals surface area contributed by atoms with Crippen molar-refractivity contribution >= 4 is 11.7 Å². The van der Waals surface area contributed by atoms with Crippen LogP contribution >= 0.6 is 0 Å². The number of hydrogen-bond donors (Lipinski definition) is 3. The zero-order chi connectivity index (χ0) is 14.5. The maximum atomic E-state index is 11.4. The van der Waals surface area contributed by atoms with Gasteiger partial charge in [-0.05, 0) is 24.1 Å². The molecule has 108 valence electrons. The summed E-state index contributed by atoms with van der Waals surface area (Å²) in [6.45, 7) is 1.37. The zero-order valence-electron chi connectivity index (χ0n) is 11.4. The first-order valence-corrected chi connectivity index (χ1v) is 6.50. The first-order valence-electron chi connectivity index (χ1n) is 6.50. The third kappa shape index (κ3) is 3.45. The molecule has 1 aliphatic rings. The van der Waals surface area contributed by atoms with Crippen LogP contribution in [0.15, 0.2) is 23.5 Å². The van der Waals surface area contributed by atoms with E-state index in [2.05, 4.69) is 15.5 Å². The fourth-order valence-electron chi connectivity index (χ4n) is 2.22.